The summed E-state index contributed by atoms with van der Waals surface area (Å²) < 4.78 is 3.01. The summed E-state index contributed by atoms with van der Waals surface area (Å²) >= 11 is 3.45. The molecule has 2 aromatic rings. The largest absolute Gasteiger partial charge is 0.316 e. The molecular weight excluding hydrogens is 280 g/mol. The fourth-order valence-corrected chi connectivity index (χ4v) is 2.10. The van der Waals surface area contributed by atoms with E-state index in [2.05, 4.69) is 44.2 Å². The van der Waals surface area contributed by atoms with E-state index in [0.717, 1.165) is 33.8 Å². The molecule has 1 N–H and O–H groups in total. The Morgan fingerprint density at radius 2 is 2.12 bits per heavy atom. The van der Waals surface area contributed by atoms with Crippen molar-refractivity contribution in [3.05, 3.63) is 40.0 Å². The Kier molecular flexibility index (Phi) is 3.59. The van der Waals surface area contributed by atoms with Crippen LogP contribution in [0.15, 0.2) is 23.1 Å². The molecule has 2 aromatic heterocycles. The van der Waals surface area contributed by atoms with E-state index < -0.39 is 0 Å². The third-order valence-electron chi connectivity index (χ3n) is 2.76. The highest BCUT2D eigenvalue weighted by Gasteiger charge is 2.10. The second kappa shape index (κ2) is 4.98. The zero-order chi connectivity index (χ0) is 12.4. The van der Waals surface area contributed by atoms with Crippen molar-refractivity contribution in [2.24, 2.45) is 0 Å². The molecule has 0 aliphatic carbocycles. The lowest BCUT2D eigenvalue weighted by atomic mass is 10.2. The third kappa shape index (κ3) is 2.40. The summed E-state index contributed by atoms with van der Waals surface area (Å²) in [5, 5.41) is 3.15. The Bertz CT molecular complexity index is 533. The fraction of sp³-hybridized carbons (Fsp3) is 0.333. The average Bonchev–Trinajstić information content (AvgIpc) is 2.61. The number of aromatic nitrogens is 3. The van der Waals surface area contributed by atoms with Gasteiger partial charge in [0, 0.05) is 28.5 Å². The van der Waals surface area contributed by atoms with Crippen LogP contribution in [-0.2, 0) is 6.54 Å². The summed E-state index contributed by atoms with van der Waals surface area (Å²) in [7, 11) is 1.93. The highest BCUT2D eigenvalue weighted by Crippen LogP contribution is 2.19. The Labute approximate surface area is 109 Å². The van der Waals surface area contributed by atoms with Gasteiger partial charge in [0.2, 0.25) is 0 Å². The number of hydrogen-bond acceptors (Lipinski definition) is 3. The number of aryl methyl sites for hydroxylation is 1. The highest BCUT2D eigenvalue weighted by molar-refractivity contribution is 9.10. The summed E-state index contributed by atoms with van der Waals surface area (Å²) in [5.74, 6) is 0.931. The summed E-state index contributed by atoms with van der Waals surface area (Å²) in [6, 6.07) is 2.08. The highest BCUT2D eigenvalue weighted by atomic mass is 79.9. The molecular formula is C12H15BrN4. The zero-order valence-corrected chi connectivity index (χ0v) is 11.7. The van der Waals surface area contributed by atoms with Crippen LogP contribution < -0.4 is 5.32 Å². The molecule has 0 unspecified atom stereocenters. The first-order valence-corrected chi connectivity index (χ1v) is 6.22. The third-order valence-corrected chi connectivity index (χ3v) is 3.19. The number of rotatable bonds is 3. The number of halogens is 1. The van der Waals surface area contributed by atoms with Gasteiger partial charge in [0.1, 0.15) is 12.1 Å². The van der Waals surface area contributed by atoms with Crippen molar-refractivity contribution >= 4 is 15.9 Å². The SMILES string of the molecule is CNCc1cc(Br)cnc1-n1cnc(C)c1C. The lowest BCUT2D eigenvalue weighted by molar-refractivity contribution is 0.792. The average molecular weight is 295 g/mol. The second-order valence-electron chi connectivity index (χ2n) is 3.95. The van der Waals surface area contributed by atoms with Gasteiger partial charge < -0.3 is 5.32 Å². The van der Waals surface area contributed by atoms with Crippen LogP contribution in [0.5, 0.6) is 0 Å². The summed E-state index contributed by atoms with van der Waals surface area (Å²) in [4.78, 5) is 8.78. The maximum absolute atomic E-state index is 4.48. The fourth-order valence-electron chi connectivity index (χ4n) is 1.72. The van der Waals surface area contributed by atoms with Crippen molar-refractivity contribution in [2.75, 3.05) is 7.05 Å². The van der Waals surface area contributed by atoms with Gasteiger partial charge >= 0.3 is 0 Å². The van der Waals surface area contributed by atoms with Gasteiger partial charge in [-0.25, -0.2) is 9.97 Å². The van der Waals surface area contributed by atoms with Crippen molar-refractivity contribution in [1.29, 1.82) is 0 Å². The molecule has 0 saturated heterocycles. The van der Waals surface area contributed by atoms with Gasteiger partial charge in [0.15, 0.2) is 0 Å². The van der Waals surface area contributed by atoms with Crippen LogP contribution in [0.3, 0.4) is 0 Å². The monoisotopic (exact) mass is 294 g/mol. The normalized spacial score (nSPS) is 10.8. The first kappa shape index (κ1) is 12.3. The van der Waals surface area contributed by atoms with Gasteiger partial charge in [-0.2, -0.15) is 0 Å². The lowest BCUT2D eigenvalue weighted by Gasteiger charge is -2.11. The van der Waals surface area contributed by atoms with E-state index >= 15 is 0 Å². The van der Waals surface area contributed by atoms with Crippen LogP contribution in [0.1, 0.15) is 17.0 Å². The molecule has 0 aliphatic heterocycles. The molecule has 0 amide bonds. The molecule has 2 heterocycles. The molecule has 5 heteroatoms. The van der Waals surface area contributed by atoms with Gasteiger partial charge in [-0.05, 0) is 42.9 Å². The van der Waals surface area contributed by atoms with Crippen molar-refractivity contribution in [3.8, 4) is 5.82 Å². The van der Waals surface area contributed by atoms with Crippen molar-refractivity contribution in [3.63, 3.8) is 0 Å². The van der Waals surface area contributed by atoms with E-state index in [4.69, 9.17) is 0 Å². The summed E-state index contributed by atoms with van der Waals surface area (Å²) in [6.45, 7) is 4.83. The van der Waals surface area contributed by atoms with Crippen molar-refractivity contribution in [1.82, 2.24) is 19.9 Å². The van der Waals surface area contributed by atoms with E-state index in [1.807, 2.05) is 31.1 Å². The van der Waals surface area contributed by atoms with Crippen LogP contribution in [0.2, 0.25) is 0 Å². The molecule has 0 saturated carbocycles. The lowest BCUT2D eigenvalue weighted by Crippen LogP contribution is -2.11. The Morgan fingerprint density at radius 3 is 2.71 bits per heavy atom. The zero-order valence-electron chi connectivity index (χ0n) is 10.2. The smallest absolute Gasteiger partial charge is 0.142 e. The van der Waals surface area contributed by atoms with Gasteiger partial charge in [-0.3, -0.25) is 4.57 Å². The maximum atomic E-state index is 4.48. The molecule has 90 valence electrons. The molecule has 0 bridgehead atoms. The van der Waals surface area contributed by atoms with E-state index in [9.17, 15) is 0 Å². The molecule has 17 heavy (non-hydrogen) atoms. The molecule has 0 fully saturated rings. The number of hydrogen-bond donors (Lipinski definition) is 1. The van der Waals surface area contributed by atoms with Crippen molar-refractivity contribution in [2.45, 2.75) is 20.4 Å². The Hall–Kier alpha value is -1.20. The molecule has 0 radical (unpaired) electrons. The summed E-state index contributed by atoms with van der Waals surface area (Å²) in [5.41, 5.74) is 3.30. The predicted molar refractivity (Wildman–Crippen MR) is 71.3 cm³/mol. The summed E-state index contributed by atoms with van der Waals surface area (Å²) in [6.07, 6.45) is 3.63. The van der Waals surface area contributed by atoms with Gasteiger partial charge in [0.05, 0.1) is 5.69 Å². The van der Waals surface area contributed by atoms with Crippen molar-refractivity contribution < 1.29 is 0 Å². The number of nitrogens with zero attached hydrogens (tertiary/aromatic N) is 3. The van der Waals surface area contributed by atoms with Crippen LogP contribution in [0.25, 0.3) is 5.82 Å². The van der Waals surface area contributed by atoms with Gasteiger partial charge in [-0.15, -0.1) is 0 Å². The molecule has 0 aliphatic rings. The minimum absolute atomic E-state index is 0.776. The van der Waals surface area contributed by atoms with E-state index in [0.29, 0.717) is 0 Å². The van der Waals surface area contributed by atoms with Gasteiger partial charge in [-0.1, -0.05) is 0 Å². The number of pyridine rings is 1. The van der Waals surface area contributed by atoms with Crippen LogP contribution in [0.4, 0.5) is 0 Å². The quantitative estimate of drug-likeness (QED) is 0.945. The predicted octanol–water partition coefficient (Wildman–Crippen LogP) is 2.37. The van der Waals surface area contributed by atoms with E-state index in [-0.39, 0.29) is 0 Å². The number of nitrogens with one attached hydrogen (secondary N) is 1. The molecule has 0 atom stereocenters. The molecule has 0 spiro atoms. The Morgan fingerprint density at radius 1 is 1.35 bits per heavy atom. The number of imidazole rings is 1. The Balaban J connectivity index is 2.54. The topological polar surface area (TPSA) is 42.7 Å². The van der Waals surface area contributed by atoms with Crippen LogP contribution in [0, 0.1) is 13.8 Å². The van der Waals surface area contributed by atoms with E-state index in [1.165, 1.54) is 0 Å². The van der Waals surface area contributed by atoms with Gasteiger partial charge in [0.25, 0.3) is 0 Å². The standard InChI is InChI=1S/C12H15BrN4/c1-8-9(2)17(7-16-8)12-10(5-14-3)4-11(13)6-15-12/h4,6-7,14H,5H2,1-3H3. The first-order valence-electron chi connectivity index (χ1n) is 5.43. The van der Waals surface area contributed by atoms with E-state index in [1.54, 1.807) is 0 Å². The van der Waals surface area contributed by atoms with Crippen LogP contribution in [-0.4, -0.2) is 21.6 Å². The second-order valence-corrected chi connectivity index (χ2v) is 4.87. The first-order chi connectivity index (χ1) is 8.13. The minimum Gasteiger partial charge on any atom is -0.316 e. The minimum atomic E-state index is 0.776. The molecule has 2 rings (SSSR count). The maximum Gasteiger partial charge on any atom is 0.142 e. The molecule has 4 nitrogen and oxygen atoms in total. The van der Waals surface area contributed by atoms with Crippen LogP contribution >= 0.6 is 15.9 Å². The molecule has 0 aromatic carbocycles.